The number of nitrogens with two attached hydrogens (primary N) is 1. The van der Waals surface area contributed by atoms with Gasteiger partial charge in [-0.25, -0.2) is 4.68 Å². The largest absolute Gasteiger partial charge is 0.490 e. The summed E-state index contributed by atoms with van der Waals surface area (Å²) in [5, 5.41) is 8.89. The van der Waals surface area contributed by atoms with Gasteiger partial charge < -0.3 is 10.5 Å². The summed E-state index contributed by atoms with van der Waals surface area (Å²) in [7, 11) is 0. The van der Waals surface area contributed by atoms with Crippen LogP contribution in [0.2, 0.25) is 5.02 Å². The quantitative estimate of drug-likeness (QED) is 0.722. The van der Waals surface area contributed by atoms with Gasteiger partial charge in [0.05, 0.1) is 16.7 Å². The van der Waals surface area contributed by atoms with Crippen LogP contribution in [0, 0.1) is 0 Å². The van der Waals surface area contributed by atoms with Gasteiger partial charge in [0.15, 0.2) is 0 Å². The van der Waals surface area contributed by atoms with Gasteiger partial charge in [0.2, 0.25) is 0 Å². The van der Waals surface area contributed by atoms with Crippen molar-refractivity contribution in [3.8, 4) is 5.75 Å². The first-order chi connectivity index (χ1) is 10.2. The molecule has 0 aliphatic carbocycles. The molecule has 114 valence electrons. The molecule has 21 heavy (non-hydrogen) atoms. The Bertz CT molecular complexity index is 576. The van der Waals surface area contributed by atoms with E-state index in [1.165, 1.54) is 0 Å². The molecular formula is C14H18BrClN4O. The highest BCUT2D eigenvalue weighted by Gasteiger charge is 2.04. The molecule has 0 amide bonds. The van der Waals surface area contributed by atoms with Crippen LogP contribution in [-0.4, -0.2) is 28.1 Å². The normalized spacial score (nSPS) is 10.8. The molecule has 0 aliphatic rings. The Balaban J connectivity index is 1.78. The van der Waals surface area contributed by atoms with Crippen molar-refractivity contribution in [2.75, 3.05) is 13.2 Å². The third-order valence-corrected chi connectivity index (χ3v) is 3.80. The molecule has 0 saturated heterocycles. The van der Waals surface area contributed by atoms with Crippen LogP contribution in [0.5, 0.6) is 5.75 Å². The average Bonchev–Trinajstić information content (AvgIpc) is 2.89. The van der Waals surface area contributed by atoms with Crippen molar-refractivity contribution in [1.82, 2.24) is 15.0 Å². The van der Waals surface area contributed by atoms with E-state index in [0.717, 1.165) is 41.7 Å². The van der Waals surface area contributed by atoms with Gasteiger partial charge in [-0.1, -0.05) is 16.8 Å². The van der Waals surface area contributed by atoms with Crippen molar-refractivity contribution in [2.45, 2.75) is 25.8 Å². The summed E-state index contributed by atoms with van der Waals surface area (Å²) in [6, 6.07) is 5.45. The molecule has 2 N–H and O–H groups in total. The van der Waals surface area contributed by atoms with Crippen LogP contribution >= 0.6 is 27.5 Å². The molecule has 2 rings (SSSR count). The predicted molar refractivity (Wildman–Crippen MR) is 86.7 cm³/mol. The lowest BCUT2D eigenvalue weighted by atomic mass is 10.2. The van der Waals surface area contributed by atoms with Crippen molar-refractivity contribution in [3.05, 3.63) is 39.6 Å². The van der Waals surface area contributed by atoms with E-state index in [-0.39, 0.29) is 0 Å². The lowest BCUT2D eigenvalue weighted by Gasteiger charge is -2.08. The second-order valence-corrected chi connectivity index (χ2v) is 5.93. The van der Waals surface area contributed by atoms with Gasteiger partial charge in [0.25, 0.3) is 0 Å². The van der Waals surface area contributed by atoms with Crippen molar-refractivity contribution in [2.24, 2.45) is 5.73 Å². The summed E-state index contributed by atoms with van der Waals surface area (Å²) in [6.07, 6.45) is 4.93. The highest BCUT2D eigenvalue weighted by molar-refractivity contribution is 9.10. The molecule has 7 heteroatoms. The molecule has 1 aromatic carbocycles. The third kappa shape index (κ3) is 5.30. The van der Waals surface area contributed by atoms with E-state index in [1.54, 1.807) is 10.7 Å². The topological polar surface area (TPSA) is 66.0 Å². The number of unbranched alkanes of at least 4 members (excludes halogenated alkanes) is 1. The van der Waals surface area contributed by atoms with Gasteiger partial charge in [-0.3, -0.25) is 0 Å². The Morgan fingerprint density at radius 2 is 2.19 bits per heavy atom. The molecule has 2 aromatic rings. The number of hydrogen-bond donors (Lipinski definition) is 1. The number of nitrogens with zero attached hydrogens (tertiary/aromatic N) is 3. The predicted octanol–water partition coefficient (Wildman–Crippen LogP) is 3.05. The van der Waals surface area contributed by atoms with E-state index in [2.05, 4.69) is 26.2 Å². The number of rotatable bonds is 8. The van der Waals surface area contributed by atoms with Crippen LogP contribution in [0.4, 0.5) is 0 Å². The second kappa shape index (κ2) is 8.36. The van der Waals surface area contributed by atoms with Crippen molar-refractivity contribution in [3.63, 3.8) is 0 Å². The van der Waals surface area contributed by atoms with E-state index in [9.17, 15) is 0 Å². The maximum absolute atomic E-state index is 5.89. The first-order valence-corrected chi connectivity index (χ1v) is 8.03. The van der Waals surface area contributed by atoms with Crippen LogP contribution in [0.3, 0.4) is 0 Å². The molecular weight excluding hydrogens is 356 g/mol. The van der Waals surface area contributed by atoms with Crippen LogP contribution in [-0.2, 0) is 13.0 Å². The van der Waals surface area contributed by atoms with Gasteiger partial charge in [0, 0.05) is 11.2 Å². The smallest absolute Gasteiger partial charge is 0.133 e. The minimum Gasteiger partial charge on any atom is -0.490 e. The van der Waals surface area contributed by atoms with Crippen molar-refractivity contribution in [1.29, 1.82) is 0 Å². The average molecular weight is 374 g/mol. The monoisotopic (exact) mass is 372 g/mol. The molecule has 0 radical (unpaired) electrons. The van der Waals surface area contributed by atoms with Gasteiger partial charge in [-0.2, -0.15) is 0 Å². The van der Waals surface area contributed by atoms with Crippen molar-refractivity contribution < 1.29 is 4.74 Å². The number of benzene rings is 1. The number of ether oxygens (including phenoxy) is 1. The van der Waals surface area contributed by atoms with E-state index in [0.29, 0.717) is 18.2 Å². The van der Waals surface area contributed by atoms with Gasteiger partial charge in [0.1, 0.15) is 12.4 Å². The zero-order chi connectivity index (χ0) is 15.1. The molecule has 5 nitrogen and oxygen atoms in total. The summed E-state index contributed by atoms with van der Waals surface area (Å²) in [6.45, 7) is 1.89. The first-order valence-electron chi connectivity index (χ1n) is 6.86. The zero-order valence-electron chi connectivity index (χ0n) is 11.6. The van der Waals surface area contributed by atoms with Crippen LogP contribution in [0.15, 0.2) is 28.9 Å². The highest BCUT2D eigenvalue weighted by atomic mass is 79.9. The third-order valence-electron chi connectivity index (χ3n) is 2.95. The molecule has 1 aromatic heterocycles. The van der Waals surface area contributed by atoms with E-state index < -0.39 is 0 Å². The fraction of sp³-hybridized carbons (Fsp3) is 0.429. The highest BCUT2D eigenvalue weighted by Crippen LogP contribution is 2.27. The SMILES string of the molecule is NCCCCc1cn(CCOc2ccc(Cl)cc2Br)nn1. The summed E-state index contributed by atoms with van der Waals surface area (Å²) in [5.74, 6) is 0.766. The standard InChI is InChI=1S/C14H18BrClN4O/c15-13-9-11(16)4-5-14(13)21-8-7-20-10-12(18-19-20)3-1-2-6-17/h4-5,9-10H,1-3,6-8,17H2. The Kier molecular flexibility index (Phi) is 6.48. The summed E-state index contributed by atoms with van der Waals surface area (Å²) < 4.78 is 8.33. The minimum absolute atomic E-state index is 0.520. The number of aromatic nitrogens is 3. The second-order valence-electron chi connectivity index (χ2n) is 4.64. The van der Waals surface area contributed by atoms with Crippen molar-refractivity contribution >= 4 is 27.5 Å². The Labute approximate surface area is 137 Å². The molecule has 0 atom stereocenters. The molecule has 0 fully saturated rings. The summed E-state index contributed by atoms with van der Waals surface area (Å²) >= 11 is 9.30. The number of halogens is 2. The molecule has 0 saturated carbocycles. The lowest BCUT2D eigenvalue weighted by Crippen LogP contribution is -2.09. The Hall–Kier alpha value is -1.11. The first kappa shape index (κ1) is 16.3. The molecule has 0 aliphatic heterocycles. The Morgan fingerprint density at radius 1 is 1.33 bits per heavy atom. The maximum Gasteiger partial charge on any atom is 0.133 e. The lowest BCUT2D eigenvalue weighted by molar-refractivity contribution is 0.288. The minimum atomic E-state index is 0.520. The fourth-order valence-electron chi connectivity index (χ4n) is 1.85. The summed E-state index contributed by atoms with van der Waals surface area (Å²) in [4.78, 5) is 0. The number of aryl methyl sites for hydroxylation is 1. The molecule has 1 heterocycles. The fourth-order valence-corrected chi connectivity index (χ4v) is 2.65. The zero-order valence-corrected chi connectivity index (χ0v) is 14.0. The van der Waals surface area contributed by atoms with Gasteiger partial charge >= 0.3 is 0 Å². The van der Waals surface area contributed by atoms with E-state index >= 15 is 0 Å². The molecule has 0 bridgehead atoms. The molecule has 0 spiro atoms. The summed E-state index contributed by atoms with van der Waals surface area (Å²) in [5.41, 5.74) is 6.47. The van der Waals surface area contributed by atoms with Gasteiger partial charge in [-0.15, -0.1) is 5.10 Å². The van der Waals surface area contributed by atoms with Crippen LogP contribution in [0.1, 0.15) is 18.5 Å². The number of hydrogen-bond acceptors (Lipinski definition) is 4. The molecule has 0 unspecified atom stereocenters. The van der Waals surface area contributed by atoms with E-state index in [4.69, 9.17) is 22.1 Å². The van der Waals surface area contributed by atoms with E-state index in [1.807, 2.05) is 18.3 Å². The maximum atomic E-state index is 5.89. The Morgan fingerprint density at radius 3 is 2.95 bits per heavy atom. The van der Waals surface area contributed by atoms with Gasteiger partial charge in [-0.05, 0) is 59.9 Å². The van der Waals surface area contributed by atoms with Crippen LogP contribution < -0.4 is 10.5 Å². The van der Waals surface area contributed by atoms with Crippen LogP contribution in [0.25, 0.3) is 0 Å².